The van der Waals surface area contributed by atoms with E-state index in [9.17, 15) is 9.18 Å². The topological polar surface area (TPSA) is 49.8 Å². The molecule has 1 fully saturated rings. The van der Waals surface area contributed by atoms with Crippen molar-refractivity contribution in [1.82, 2.24) is 4.90 Å². The van der Waals surface area contributed by atoms with E-state index in [-0.39, 0.29) is 11.2 Å². The minimum Gasteiger partial charge on any atom is -0.486 e. The van der Waals surface area contributed by atoms with E-state index in [1.807, 2.05) is 18.2 Å². The normalized spacial score (nSPS) is 22.6. The van der Waals surface area contributed by atoms with Gasteiger partial charge in [-0.25, -0.2) is 9.18 Å². The van der Waals surface area contributed by atoms with Gasteiger partial charge in [0.25, 0.3) is 0 Å². The second kappa shape index (κ2) is 6.15. The number of fused-ring (bicyclic) bond motifs is 1. The number of ether oxygens (including phenoxy) is 1. The van der Waals surface area contributed by atoms with Crippen molar-refractivity contribution in [3.8, 4) is 5.75 Å². The Morgan fingerprint density at radius 1 is 1.24 bits per heavy atom. The quantitative estimate of drug-likeness (QED) is 0.928. The molecule has 130 valence electrons. The van der Waals surface area contributed by atoms with Crippen molar-refractivity contribution >= 4 is 5.97 Å². The second-order valence-electron chi connectivity index (χ2n) is 6.96. The van der Waals surface area contributed by atoms with Gasteiger partial charge in [0.05, 0.1) is 5.56 Å². The summed E-state index contributed by atoms with van der Waals surface area (Å²) in [6.07, 6.45) is 2.91. The van der Waals surface area contributed by atoms with Crippen molar-refractivity contribution in [3.05, 3.63) is 65.0 Å². The molecule has 4 rings (SSSR count). The van der Waals surface area contributed by atoms with Gasteiger partial charge in [-0.3, -0.25) is 4.90 Å². The zero-order valence-electron chi connectivity index (χ0n) is 13.9. The molecule has 2 aliphatic heterocycles. The molecule has 0 aliphatic carbocycles. The fourth-order valence-corrected chi connectivity index (χ4v) is 3.86. The van der Waals surface area contributed by atoms with Crippen LogP contribution in [0.15, 0.2) is 42.5 Å². The van der Waals surface area contributed by atoms with Crippen LogP contribution >= 0.6 is 0 Å². The number of carboxylic acid groups (broad SMARTS) is 1. The van der Waals surface area contributed by atoms with Crippen molar-refractivity contribution in [1.29, 1.82) is 0 Å². The van der Waals surface area contributed by atoms with Crippen LogP contribution < -0.4 is 4.74 Å². The molecule has 1 saturated heterocycles. The van der Waals surface area contributed by atoms with Gasteiger partial charge in [-0.15, -0.1) is 0 Å². The number of halogens is 1. The van der Waals surface area contributed by atoms with E-state index < -0.39 is 11.8 Å². The summed E-state index contributed by atoms with van der Waals surface area (Å²) in [5.74, 6) is -0.608. The summed E-state index contributed by atoms with van der Waals surface area (Å²) in [7, 11) is 0. The van der Waals surface area contributed by atoms with Crippen molar-refractivity contribution in [3.63, 3.8) is 0 Å². The van der Waals surface area contributed by atoms with Crippen LogP contribution in [0, 0.1) is 5.82 Å². The van der Waals surface area contributed by atoms with Crippen LogP contribution in [0.2, 0.25) is 0 Å². The van der Waals surface area contributed by atoms with Crippen LogP contribution in [0.5, 0.6) is 5.75 Å². The number of carboxylic acids is 1. The van der Waals surface area contributed by atoms with Crippen LogP contribution in [0.1, 0.15) is 34.3 Å². The Morgan fingerprint density at radius 2 is 2.08 bits per heavy atom. The standard InChI is InChI=1S/C20H20FNO3/c21-17-11-15(19(23)24)5-6-16(17)12-22-10-9-20(13-22)8-7-14-3-1-2-4-18(14)25-20/h1-6,11H,7-10,12-13H2,(H,23,24). The molecule has 4 nitrogen and oxygen atoms in total. The number of carbonyl (C=O) groups is 1. The molecule has 1 atom stereocenters. The van der Waals surface area contributed by atoms with E-state index in [1.165, 1.54) is 11.6 Å². The van der Waals surface area contributed by atoms with Crippen molar-refractivity contribution < 1.29 is 19.0 Å². The average molecular weight is 341 g/mol. The third-order valence-corrected chi connectivity index (χ3v) is 5.24. The predicted molar refractivity (Wildman–Crippen MR) is 91.4 cm³/mol. The zero-order chi connectivity index (χ0) is 17.4. The molecule has 2 aromatic rings. The van der Waals surface area contributed by atoms with E-state index >= 15 is 0 Å². The van der Waals surface area contributed by atoms with Crippen LogP contribution in [-0.4, -0.2) is 34.7 Å². The van der Waals surface area contributed by atoms with E-state index in [1.54, 1.807) is 6.07 Å². The number of hydrogen-bond donors (Lipinski definition) is 1. The van der Waals surface area contributed by atoms with E-state index in [4.69, 9.17) is 9.84 Å². The highest BCUT2D eigenvalue weighted by Crippen LogP contribution is 2.39. The minimum atomic E-state index is -1.11. The largest absolute Gasteiger partial charge is 0.486 e. The number of rotatable bonds is 3. The summed E-state index contributed by atoms with van der Waals surface area (Å²) >= 11 is 0. The van der Waals surface area contributed by atoms with E-state index in [0.717, 1.165) is 44.2 Å². The summed E-state index contributed by atoms with van der Waals surface area (Å²) in [6.45, 7) is 2.09. The highest BCUT2D eigenvalue weighted by molar-refractivity contribution is 5.87. The van der Waals surface area contributed by atoms with Crippen LogP contribution in [0.25, 0.3) is 0 Å². The lowest BCUT2D eigenvalue weighted by molar-refractivity contribution is 0.0536. The SMILES string of the molecule is O=C(O)c1ccc(CN2CCC3(CCc4ccccc4O3)C2)c(F)c1. The molecule has 1 unspecified atom stereocenters. The van der Waals surface area contributed by atoms with Crippen molar-refractivity contribution in [2.24, 2.45) is 0 Å². The van der Waals surface area contributed by atoms with Gasteiger partial charge in [0.2, 0.25) is 0 Å². The lowest BCUT2D eigenvalue weighted by atomic mass is 9.90. The van der Waals surface area contributed by atoms with E-state index in [2.05, 4.69) is 11.0 Å². The number of para-hydroxylation sites is 1. The molecule has 0 saturated carbocycles. The van der Waals surface area contributed by atoms with Gasteiger partial charge in [0.1, 0.15) is 17.2 Å². The highest BCUT2D eigenvalue weighted by Gasteiger charge is 2.42. The Hall–Kier alpha value is -2.40. The maximum atomic E-state index is 14.2. The minimum absolute atomic E-state index is 0.0219. The molecule has 25 heavy (non-hydrogen) atoms. The molecular formula is C20H20FNO3. The van der Waals surface area contributed by atoms with Gasteiger partial charge in [0, 0.05) is 31.6 Å². The zero-order valence-corrected chi connectivity index (χ0v) is 13.9. The third kappa shape index (κ3) is 3.12. The predicted octanol–water partition coefficient (Wildman–Crippen LogP) is 3.49. The Bertz CT molecular complexity index is 822. The molecule has 0 bridgehead atoms. The summed E-state index contributed by atoms with van der Waals surface area (Å²) in [5, 5.41) is 8.94. The van der Waals surface area contributed by atoms with Crippen LogP contribution in [0.4, 0.5) is 4.39 Å². The molecule has 0 amide bonds. The first kappa shape index (κ1) is 16.1. The lowest BCUT2D eigenvalue weighted by Gasteiger charge is -2.35. The maximum absolute atomic E-state index is 14.2. The number of nitrogens with zero attached hydrogens (tertiary/aromatic N) is 1. The second-order valence-corrected chi connectivity index (χ2v) is 6.96. The average Bonchev–Trinajstić information content (AvgIpc) is 2.98. The fraction of sp³-hybridized carbons (Fsp3) is 0.350. The molecule has 1 spiro atoms. The number of aromatic carboxylic acids is 1. The molecular weight excluding hydrogens is 321 g/mol. The first-order chi connectivity index (χ1) is 12.0. The molecule has 0 aromatic heterocycles. The number of benzene rings is 2. The smallest absolute Gasteiger partial charge is 0.335 e. The molecule has 1 N–H and O–H groups in total. The fourth-order valence-electron chi connectivity index (χ4n) is 3.86. The summed E-state index contributed by atoms with van der Waals surface area (Å²) in [4.78, 5) is 13.1. The highest BCUT2D eigenvalue weighted by atomic mass is 19.1. The first-order valence-corrected chi connectivity index (χ1v) is 8.56. The van der Waals surface area contributed by atoms with Crippen LogP contribution in [-0.2, 0) is 13.0 Å². The summed E-state index contributed by atoms with van der Waals surface area (Å²) in [5.41, 5.74) is 1.57. The Labute approximate surface area is 145 Å². The molecule has 2 heterocycles. The monoisotopic (exact) mass is 341 g/mol. The van der Waals surface area contributed by atoms with E-state index in [0.29, 0.717) is 12.1 Å². The van der Waals surface area contributed by atoms with Gasteiger partial charge >= 0.3 is 5.97 Å². The molecule has 0 radical (unpaired) electrons. The van der Waals surface area contributed by atoms with Gasteiger partial charge in [0.15, 0.2) is 0 Å². The van der Waals surface area contributed by atoms with Gasteiger partial charge < -0.3 is 9.84 Å². The van der Waals surface area contributed by atoms with Gasteiger partial charge in [-0.05, 0) is 36.6 Å². The third-order valence-electron chi connectivity index (χ3n) is 5.24. The van der Waals surface area contributed by atoms with Gasteiger partial charge in [-0.2, -0.15) is 0 Å². The molecule has 2 aromatic carbocycles. The first-order valence-electron chi connectivity index (χ1n) is 8.56. The van der Waals surface area contributed by atoms with Crippen LogP contribution in [0.3, 0.4) is 0 Å². The Morgan fingerprint density at radius 3 is 2.88 bits per heavy atom. The summed E-state index contributed by atoms with van der Waals surface area (Å²) in [6, 6.07) is 12.3. The Kier molecular flexibility index (Phi) is 3.96. The summed E-state index contributed by atoms with van der Waals surface area (Å²) < 4.78 is 20.5. The number of hydrogen-bond acceptors (Lipinski definition) is 3. The molecule has 5 heteroatoms. The van der Waals surface area contributed by atoms with Gasteiger partial charge in [-0.1, -0.05) is 24.3 Å². The van der Waals surface area contributed by atoms with Crippen molar-refractivity contribution in [2.75, 3.05) is 13.1 Å². The maximum Gasteiger partial charge on any atom is 0.335 e. The van der Waals surface area contributed by atoms with Crippen molar-refractivity contribution in [2.45, 2.75) is 31.4 Å². The number of aryl methyl sites for hydroxylation is 1. The molecule has 2 aliphatic rings. The number of likely N-dealkylation sites (tertiary alicyclic amines) is 1. The Balaban J connectivity index is 1.46. The lowest BCUT2D eigenvalue weighted by Crippen LogP contribution is -2.42.